The number of nitrogens with zero attached hydrogens (tertiary/aromatic N) is 3. The third-order valence-corrected chi connectivity index (χ3v) is 3.07. The first kappa shape index (κ1) is 12.1. The molecule has 0 amide bonds. The van der Waals surface area contributed by atoms with Gasteiger partial charge in [0.2, 0.25) is 0 Å². The summed E-state index contributed by atoms with van der Waals surface area (Å²) in [5.41, 5.74) is 8.49. The Morgan fingerprint density at radius 3 is 2.71 bits per heavy atom. The van der Waals surface area contributed by atoms with Crippen molar-refractivity contribution in [3.63, 3.8) is 0 Å². The second-order valence-corrected chi connectivity index (χ2v) is 4.37. The number of aromatic nitrogens is 3. The molecule has 0 radical (unpaired) electrons. The van der Waals surface area contributed by atoms with Crippen LogP contribution in [0.4, 0.5) is 0 Å². The molecule has 0 aromatic carbocycles. The molecule has 4 nitrogen and oxygen atoms in total. The third-order valence-electron chi connectivity index (χ3n) is 2.69. The van der Waals surface area contributed by atoms with Crippen molar-refractivity contribution < 1.29 is 0 Å². The van der Waals surface area contributed by atoms with E-state index in [4.69, 9.17) is 17.3 Å². The molecule has 5 heteroatoms. The van der Waals surface area contributed by atoms with E-state index in [1.54, 1.807) is 17.1 Å². The Bertz CT molecular complexity index is 484. The molecular formula is C12H15ClN4. The van der Waals surface area contributed by atoms with Gasteiger partial charge in [-0.3, -0.25) is 4.98 Å². The largest absolute Gasteiger partial charge is 0.323 e. The average molecular weight is 251 g/mol. The molecule has 0 fully saturated rings. The molecule has 0 saturated carbocycles. The Balaban J connectivity index is 2.29. The summed E-state index contributed by atoms with van der Waals surface area (Å²) in [6.07, 6.45) is 4.40. The standard InChI is InChI=1S/C12H15ClN4/c1-3-11(14)12-5-4-9(6-15-12)17-7-10(13)8(2)16-17/h4-7,11H,3,14H2,1-2H3/t11-/m0/s1. The predicted octanol–water partition coefficient (Wildman–Crippen LogP) is 2.64. The van der Waals surface area contributed by atoms with Gasteiger partial charge in [0.1, 0.15) is 0 Å². The summed E-state index contributed by atoms with van der Waals surface area (Å²) in [7, 11) is 0. The summed E-state index contributed by atoms with van der Waals surface area (Å²) in [5, 5.41) is 4.94. The maximum absolute atomic E-state index is 5.96. The van der Waals surface area contributed by atoms with Gasteiger partial charge in [-0.1, -0.05) is 18.5 Å². The molecule has 0 spiro atoms. The molecule has 0 bridgehead atoms. The van der Waals surface area contributed by atoms with Crippen molar-refractivity contribution in [2.24, 2.45) is 5.73 Å². The fourth-order valence-electron chi connectivity index (χ4n) is 1.53. The minimum absolute atomic E-state index is 0.00741. The van der Waals surface area contributed by atoms with Crippen molar-refractivity contribution in [2.45, 2.75) is 26.3 Å². The number of pyridine rings is 1. The molecule has 0 aliphatic heterocycles. The molecule has 17 heavy (non-hydrogen) atoms. The first-order chi connectivity index (χ1) is 8.11. The Kier molecular flexibility index (Phi) is 3.45. The van der Waals surface area contributed by atoms with Gasteiger partial charge in [0, 0.05) is 12.2 Å². The molecule has 90 valence electrons. The SMILES string of the molecule is CC[C@H](N)c1ccc(-n2cc(Cl)c(C)n2)cn1. The minimum atomic E-state index is -0.00741. The summed E-state index contributed by atoms with van der Waals surface area (Å²) in [6.45, 7) is 3.91. The zero-order valence-corrected chi connectivity index (χ0v) is 10.6. The van der Waals surface area contributed by atoms with Gasteiger partial charge in [-0.2, -0.15) is 5.10 Å². The summed E-state index contributed by atoms with van der Waals surface area (Å²) in [4.78, 5) is 4.34. The van der Waals surface area contributed by atoms with Crippen LogP contribution in [0.25, 0.3) is 5.69 Å². The Morgan fingerprint density at radius 1 is 1.47 bits per heavy atom. The van der Waals surface area contributed by atoms with E-state index in [2.05, 4.69) is 10.1 Å². The quantitative estimate of drug-likeness (QED) is 0.911. The monoisotopic (exact) mass is 250 g/mol. The van der Waals surface area contributed by atoms with Crippen molar-refractivity contribution in [1.29, 1.82) is 0 Å². The van der Waals surface area contributed by atoms with E-state index >= 15 is 0 Å². The lowest BCUT2D eigenvalue weighted by atomic mass is 10.1. The van der Waals surface area contributed by atoms with Crippen LogP contribution < -0.4 is 5.73 Å². The van der Waals surface area contributed by atoms with Crippen LogP contribution in [-0.4, -0.2) is 14.8 Å². The van der Waals surface area contributed by atoms with E-state index in [-0.39, 0.29) is 6.04 Å². The summed E-state index contributed by atoms with van der Waals surface area (Å²) in [5.74, 6) is 0. The van der Waals surface area contributed by atoms with Gasteiger partial charge in [0.25, 0.3) is 0 Å². The smallest absolute Gasteiger partial charge is 0.0829 e. The van der Waals surface area contributed by atoms with Crippen LogP contribution in [0.3, 0.4) is 0 Å². The fourth-order valence-corrected chi connectivity index (χ4v) is 1.66. The van der Waals surface area contributed by atoms with Gasteiger partial charge < -0.3 is 5.73 Å². The maximum Gasteiger partial charge on any atom is 0.0829 e. The van der Waals surface area contributed by atoms with E-state index in [1.165, 1.54) is 0 Å². The van der Waals surface area contributed by atoms with Gasteiger partial charge in [0.15, 0.2) is 0 Å². The van der Waals surface area contributed by atoms with Gasteiger partial charge in [-0.05, 0) is 25.5 Å². The van der Waals surface area contributed by atoms with Crippen LogP contribution in [0.15, 0.2) is 24.5 Å². The van der Waals surface area contributed by atoms with Crippen molar-refractivity contribution in [2.75, 3.05) is 0 Å². The number of hydrogen-bond acceptors (Lipinski definition) is 3. The maximum atomic E-state index is 5.96. The normalized spacial score (nSPS) is 12.7. The molecule has 2 N–H and O–H groups in total. The molecule has 2 rings (SSSR count). The van der Waals surface area contributed by atoms with Crippen molar-refractivity contribution >= 4 is 11.6 Å². The highest BCUT2D eigenvalue weighted by Gasteiger charge is 2.07. The van der Waals surface area contributed by atoms with Crippen LogP contribution in [0.2, 0.25) is 5.02 Å². The minimum Gasteiger partial charge on any atom is -0.323 e. The van der Waals surface area contributed by atoms with E-state index in [0.29, 0.717) is 5.02 Å². The molecule has 0 saturated heterocycles. The second kappa shape index (κ2) is 4.85. The molecular weight excluding hydrogens is 236 g/mol. The van der Waals surface area contributed by atoms with Crippen LogP contribution in [0.5, 0.6) is 0 Å². The number of aryl methyl sites for hydroxylation is 1. The van der Waals surface area contributed by atoms with Crippen LogP contribution in [0, 0.1) is 6.92 Å². The van der Waals surface area contributed by atoms with E-state index in [9.17, 15) is 0 Å². The Labute approximate surface area is 105 Å². The van der Waals surface area contributed by atoms with Crippen LogP contribution >= 0.6 is 11.6 Å². The lowest BCUT2D eigenvalue weighted by Crippen LogP contribution is -2.10. The van der Waals surface area contributed by atoms with Crippen LogP contribution in [-0.2, 0) is 0 Å². The Hall–Kier alpha value is -1.39. The number of rotatable bonds is 3. The summed E-state index contributed by atoms with van der Waals surface area (Å²) < 4.78 is 1.71. The van der Waals surface area contributed by atoms with Crippen molar-refractivity contribution in [1.82, 2.24) is 14.8 Å². The molecule has 2 aromatic rings. The van der Waals surface area contributed by atoms with E-state index in [1.807, 2.05) is 26.0 Å². The van der Waals surface area contributed by atoms with Gasteiger partial charge in [0.05, 0.1) is 28.3 Å². The fraction of sp³-hybridized carbons (Fsp3) is 0.333. The summed E-state index contributed by atoms with van der Waals surface area (Å²) in [6, 6.07) is 3.86. The zero-order valence-electron chi connectivity index (χ0n) is 9.89. The molecule has 1 atom stereocenters. The molecule has 0 aliphatic carbocycles. The topological polar surface area (TPSA) is 56.7 Å². The summed E-state index contributed by atoms with van der Waals surface area (Å²) >= 11 is 5.96. The van der Waals surface area contributed by atoms with E-state index in [0.717, 1.165) is 23.5 Å². The third kappa shape index (κ3) is 2.48. The first-order valence-corrected chi connectivity index (χ1v) is 5.93. The number of nitrogens with two attached hydrogens (primary N) is 1. The van der Waals surface area contributed by atoms with Gasteiger partial charge in [-0.15, -0.1) is 0 Å². The molecule has 2 aromatic heterocycles. The highest BCUT2D eigenvalue weighted by Crippen LogP contribution is 2.17. The number of hydrogen-bond donors (Lipinski definition) is 1. The predicted molar refractivity (Wildman–Crippen MR) is 68.3 cm³/mol. The number of halogens is 1. The van der Waals surface area contributed by atoms with Crippen LogP contribution in [0.1, 0.15) is 30.8 Å². The second-order valence-electron chi connectivity index (χ2n) is 3.96. The first-order valence-electron chi connectivity index (χ1n) is 5.55. The van der Waals surface area contributed by atoms with Gasteiger partial charge in [-0.25, -0.2) is 4.68 Å². The average Bonchev–Trinajstić information content (AvgIpc) is 2.69. The lowest BCUT2D eigenvalue weighted by molar-refractivity contribution is 0.674. The molecule has 0 unspecified atom stereocenters. The zero-order chi connectivity index (χ0) is 12.4. The highest BCUT2D eigenvalue weighted by atomic mass is 35.5. The van der Waals surface area contributed by atoms with E-state index < -0.39 is 0 Å². The molecule has 2 heterocycles. The van der Waals surface area contributed by atoms with Gasteiger partial charge >= 0.3 is 0 Å². The highest BCUT2D eigenvalue weighted by molar-refractivity contribution is 6.31. The lowest BCUT2D eigenvalue weighted by Gasteiger charge is -2.08. The van der Waals surface area contributed by atoms with Crippen molar-refractivity contribution in [3.8, 4) is 5.69 Å². The Morgan fingerprint density at radius 2 is 2.24 bits per heavy atom. The van der Waals surface area contributed by atoms with Crippen molar-refractivity contribution in [3.05, 3.63) is 40.9 Å². The molecule has 0 aliphatic rings.